The second-order valence-electron chi connectivity index (χ2n) is 6.71. The smallest absolute Gasteiger partial charge is 0.255 e. The van der Waals surface area contributed by atoms with E-state index in [1.54, 1.807) is 0 Å². The molecule has 0 unspecified atom stereocenters. The third-order valence-electron chi connectivity index (χ3n) is 4.39. The Bertz CT molecular complexity index is 1270. The highest BCUT2D eigenvalue weighted by atomic mass is 35.5. The third kappa shape index (κ3) is 4.87. The molecule has 0 radical (unpaired) electrons. The Morgan fingerprint density at radius 1 is 1.06 bits per heavy atom. The summed E-state index contributed by atoms with van der Waals surface area (Å²) in [7, 11) is -3.75. The summed E-state index contributed by atoms with van der Waals surface area (Å²) in [5, 5.41) is 13.4. The number of thiophene rings is 1. The van der Waals surface area contributed by atoms with Crippen LogP contribution in [0.2, 0.25) is 4.34 Å². The molecule has 31 heavy (non-hydrogen) atoms. The predicted octanol–water partition coefficient (Wildman–Crippen LogP) is 2.92. The van der Waals surface area contributed by atoms with Crippen LogP contribution in [0.25, 0.3) is 0 Å². The maximum atomic E-state index is 12.3. The number of benzene rings is 1. The molecular formula is C20H15ClN4O4S2. The number of hydrogen-bond acceptors (Lipinski definition) is 8. The van der Waals surface area contributed by atoms with Crippen LogP contribution in [0.5, 0.6) is 0 Å². The maximum absolute atomic E-state index is 12.3. The van der Waals surface area contributed by atoms with E-state index >= 15 is 0 Å². The van der Waals surface area contributed by atoms with Gasteiger partial charge in [0.05, 0.1) is 28.6 Å². The van der Waals surface area contributed by atoms with Crippen LogP contribution in [-0.2, 0) is 25.8 Å². The number of rotatable bonds is 7. The number of anilines is 1. The first-order valence-corrected chi connectivity index (χ1v) is 11.9. The fourth-order valence-electron chi connectivity index (χ4n) is 2.96. The van der Waals surface area contributed by atoms with Crippen LogP contribution in [0.15, 0.2) is 63.9 Å². The number of hydrazone groups is 1. The van der Waals surface area contributed by atoms with Crippen LogP contribution in [0.1, 0.15) is 17.7 Å². The Kier molecular flexibility index (Phi) is 5.94. The van der Waals surface area contributed by atoms with Gasteiger partial charge in [0.1, 0.15) is 9.96 Å². The van der Waals surface area contributed by atoms with Gasteiger partial charge in [-0.15, -0.1) is 16.4 Å². The number of halogens is 1. The van der Waals surface area contributed by atoms with E-state index in [9.17, 15) is 18.0 Å². The van der Waals surface area contributed by atoms with Crippen LogP contribution in [-0.4, -0.2) is 41.8 Å². The molecule has 2 aromatic heterocycles. The Hall–Kier alpha value is -2.95. The molecule has 1 aromatic carbocycles. The van der Waals surface area contributed by atoms with Crippen molar-refractivity contribution in [2.24, 2.45) is 5.10 Å². The fourth-order valence-corrected chi connectivity index (χ4v) is 5.77. The molecule has 0 saturated carbocycles. The summed E-state index contributed by atoms with van der Waals surface area (Å²) < 4.78 is 25.0. The Balaban J connectivity index is 1.43. The van der Waals surface area contributed by atoms with Gasteiger partial charge in [-0.25, -0.2) is 8.42 Å². The van der Waals surface area contributed by atoms with Crippen molar-refractivity contribution in [3.63, 3.8) is 0 Å². The van der Waals surface area contributed by atoms with Gasteiger partial charge in [0.15, 0.2) is 21.4 Å². The van der Waals surface area contributed by atoms with Crippen molar-refractivity contribution in [1.29, 1.82) is 0 Å². The molecule has 0 aliphatic carbocycles. The van der Waals surface area contributed by atoms with Gasteiger partial charge in [-0.1, -0.05) is 41.9 Å². The third-order valence-corrected chi connectivity index (χ3v) is 7.88. The largest absolute Gasteiger partial charge is 0.298 e. The number of nitrogens with zero attached hydrogens (tertiary/aromatic N) is 4. The number of aromatic nitrogens is 2. The SMILES string of the molecule is O=C(Cc1ccc(N2N=C(c3ccccc3)CC2=O)nn1)CS(=O)(=O)c1ccc(Cl)s1. The summed E-state index contributed by atoms with van der Waals surface area (Å²) in [6.07, 6.45) is -0.0470. The van der Waals surface area contributed by atoms with Crippen molar-refractivity contribution in [2.45, 2.75) is 17.1 Å². The highest BCUT2D eigenvalue weighted by molar-refractivity contribution is 7.94. The quantitative estimate of drug-likeness (QED) is 0.520. The minimum absolute atomic E-state index is 0.0481. The lowest BCUT2D eigenvalue weighted by Crippen LogP contribution is -2.22. The number of hydrogen-bond donors (Lipinski definition) is 0. The highest BCUT2D eigenvalue weighted by Gasteiger charge is 2.27. The zero-order valence-electron chi connectivity index (χ0n) is 15.9. The van der Waals surface area contributed by atoms with Crippen LogP contribution in [0.3, 0.4) is 0 Å². The molecule has 1 aliphatic rings. The Labute approximate surface area is 187 Å². The number of amides is 1. The summed E-state index contributed by atoms with van der Waals surface area (Å²) in [5.41, 5.74) is 1.78. The number of Topliss-reactive ketones (excluding diaryl/α,β-unsaturated/α-hetero) is 1. The first kappa shape index (κ1) is 21.3. The van der Waals surface area contributed by atoms with Crippen molar-refractivity contribution < 1.29 is 18.0 Å². The molecule has 0 saturated heterocycles. The van der Waals surface area contributed by atoms with Gasteiger partial charge in [0.2, 0.25) is 0 Å². The number of carbonyl (C=O) groups is 2. The van der Waals surface area contributed by atoms with Crippen molar-refractivity contribution in [3.8, 4) is 0 Å². The molecule has 0 bridgehead atoms. The molecule has 3 aromatic rings. The minimum Gasteiger partial charge on any atom is -0.298 e. The summed E-state index contributed by atoms with van der Waals surface area (Å²) in [5.74, 6) is -1.18. The van der Waals surface area contributed by atoms with E-state index in [1.807, 2.05) is 30.3 Å². The molecule has 0 N–H and O–H groups in total. The highest BCUT2D eigenvalue weighted by Crippen LogP contribution is 2.26. The van der Waals surface area contributed by atoms with Gasteiger partial charge >= 0.3 is 0 Å². The van der Waals surface area contributed by atoms with Crippen molar-refractivity contribution in [2.75, 3.05) is 10.8 Å². The molecule has 0 fully saturated rings. The molecule has 1 aliphatic heterocycles. The van der Waals surface area contributed by atoms with E-state index in [-0.39, 0.29) is 28.8 Å². The van der Waals surface area contributed by atoms with Crippen LogP contribution in [0.4, 0.5) is 5.82 Å². The summed E-state index contributed by atoms with van der Waals surface area (Å²) in [4.78, 5) is 24.6. The topological polar surface area (TPSA) is 110 Å². The summed E-state index contributed by atoms with van der Waals surface area (Å²) in [6, 6.07) is 15.2. The van der Waals surface area contributed by atoms with E-state index in [2.05, 4.69) is 15.3 Å². The van der Waals surface area contributed by atoms with E-state index in [0.29, 0.717) is 15.7 Å². The lowest BCUT2D eigenvalue weighted by atomic mass is 10.1. The lowest BCUT2D eigenvalue weighted by Gasteiger charge is -2.09. The average molecular weight is 475 g/mol. The summed E-state index contributed by atoms with van der Waals surface area (Å²) in [6.45, 7) is 0. The second kappa shape index (κ2) is 8.66. The van der Waals surface area contributed by atoms with Crippen molar-refractivity contribution in [1.82, 2.24) is 10.2 Å². The molecule has 11 heteroatoms. The summed E-state index contributed by atoms with van der Waals surface area (Å²) >= 11 is 6.67. The van der Waals surface area contributed by atoms with E-state index < -0.39 is 21.4 Å². The average Bonchev–Trinajstić information content (AvgIpc) is 3.35. The Morgan fingerprint density at radius 3 is 2.48 bits per heavy atom. The molecule has 3 heterocycles. The second-order valence-corrected chi connectivity index (χ2v) is 10.6. The van der Waals surface area contributed by atoms with Gasteiger partial charge in [0.25, 0.3) is 5.91 Å². The van der Waals surface area contributed by atoms with Gasteiger partial charge in [0, 0.05) is 0 Å². The first-order chi connectivity index (χ1) is 14.8. The number of sulfone groups is 1. The van der Waals surface area contributed by atoms with Crippen molar-refractivity contribution in [3.05, 3.63) is 70.2 Å². The predicted molar refractivity (Wildman–Crippen MR) is 117 cm³/mol. The molecule has 0 spiro atoms. The molecule has 1 amide bonds. The Morgan fingerprint density at radius 2 is 1.84 bits per heavy atom. The molecule has 8 nitrogen and oxygen atoms in total. The molecule has 0 atom stereocenters. The standard InChI is InChI=1S/C20H15ClN4O4S2/c21-17-7-9-20(30-17)31(28,29)12-15(26)10-14-6-8-18(23-22-14)25-19(27)11-16(24-25)13-4-2-1-3-5-13/h1-9H,10-12H2. The van der Waals surface area contributed by atoms with Crippen LogP contribution < -0.4 is 5.01 Å². The monoisotopic (exact) mass is 474 g/mol. The molecular weight excluding hydrogens is 460 g/mol. The number of carbonyl (C=O) groups excluding carboxylic acids is 2. The van der Waals surface area contributed by atoms with Gasteiger partial charge in [-0.05, 0) is 29.8 Å². The van der Waals surface area contributed by atoms with E-state index in [0.717, 1.165) is 16.9 Å². The van der Waals surface area contributed by atoms with Crippen LogP contribution >= 0.6 is 22.9 Å². The van der Waals surface area contributed by atoms with Gasteiger partial charge < -0.3 is 0 Å². The minimum atomic E-state index is -3.75. The maximum Gasteiger partial charge on any atom is 0.255 e. The zero-order chi connectivity index (χ0) is 22.0. The van der Waals surface area contributed by atoms with Crippen LogP contribution in [0, 0.1) is 0 Å². The number of ketones is 1. The molecule has 158 valence electrons. The normalized spacial score (nSPS) is 14.0. The zero-order valence-corrected chi connectivity index (χ0v) is 18.3. The molecule has 4 rings (SSSR count). The van der Waals surface area contributed by atoms with E-state index in [1.165, 1.54) is 29.3 Å². The fraction of sp³-hybridized carbons (Fsp3) is 0.150. The van der Waals surface area contributed by atoms with Crippen molar-refractivity contribution >= 4 is 56.0 Å². The van der Waals surface area contributed by atoms with E-state index in [4.69, 9.17) is 11.6 Å². The van der Waals surface area contributed by atoms with Gasteiger partial charge in [-0.2, -0.15) is 15.2 Å². The lowest BCUT2D eigenvalue weighted by molar-refractivity contribution is -0.117. The van der Waals surface area contributed by atoms with Gasteiger partial charge in [-0.3, -0.25) is 9.59 Å². The first-order valence-electron chi connectivity index (χ1n) is 9.10.